The summed E-state index contributed by atoms with van der Waals surface area (Å²) in [6.45, 7) is 13.0. The van der Waals surface area contributed by atoms with Crippen molar-refractivity contribution < 1.29 is 19.1 Å². The molecule has 1 aromatic heterocycles. The van der Waals surface area contributed by atoms with Crippen LogP contribution in [-0.2, 0) is 15.0 Å². The molecular weight excluding hydrogens is 512 g/mol. The van der Waals surface area contributed by atoms with Crippen LogP contribution in [0.2, 0.25) is 5.02 Å². The predicted molar refractivity (Wildman–Crippen MR) is 155 cm³/mol. The summed E-state index contributed by atoms with van der Waals surface area (Å²) in [4.78, 5) is 30.5. The van der Waals surface area contributed by atoms with Crippen LogP contribution in [0.1, 0.15) is 49.9 Å². The molecule has 1 aliphatic rings. The molecule has 0 fully saturated rings. The maximum Gasteiger partial charge on any atom is 0.308 e. The van der Waals surface area contributed by atoms with Gasteiger partial charge in [-0.2, -0.15) is 0 Å². The molecule has 6 nitrogen and oxygen atoms in total. The normalized spacial score (nSPS) is 17.4. The van der Waals surface area contributed by atoms with E-state index in [4.69, 9.17) is 26.1 Å². The minimum Gasteiger partial charge on any atom is -0.476 e. The smallest absolute Gasteiger partial charge is 0.308 e. The first kappa shape index (κ1) is 26.7. The molecule has 3 aromatic carbocycles. The number of aryl methyl sites for hydroxylation is 2. The number of hydrogen-bond donors (Lipinski definition) is 1. The number of benzene rings is 3. The molecular formula is C32H31ClN2O4. The number of aromatic nitrogens is 1. The van der Waals surface area contributed by atoms with Crippen molar-refractivity contribution >= 4 is 40.1 Å². The number of hydrogen-bond acceptors (Lipinski definition) is 5. The number of rotatable bonds is 4. The molecule has 0 saturated heterocycles. The molecule has 0 spiro atoms. The molecule has 1 unspecified atom stereocenters. The standard InChI is InChI=1S/C32H31ClN2O4/c1-17-14-18(2)29-22(15-17)27(21-10-8-9-11-23(21)33)24(16-34-29)35-30(37)32(7)31(5,6)28-19(3)25(38-20(4)36)12-13-26(28)39-32/h8-16H,1-7H3,(H,35,37). The van der Waals surface area contributed by atoms with Gasteiger partial charge in [-0.25, -0.2) is 0 Å². The molecule has 0 aliphatic carbocycles. The van der Waals surface area contributed by atoms with Gasteiger partial charge in [-0.1, -0.05) is 55.3 Å². The van der Waals surface area contributed by atoms with Gasteiger partial charge in [0.05, 0.1) is 17.4 Å². The molecule has 1 amide bonds. The summed E-state index contributed by atoms with van der Waals surface area (Å²) in [5.41, 5.74) is 4.67. The SMILES string of the molecule is CC(=O)Oc1ccc2c(c1C)C(C)(C)C(C)(C(=O)Nc1cnc3c(C)cc(C)cc3c1-c1ccccc1Cl)O2. The first-order valence-electron chi connectivity index (χ1n) is 12.8. The zero-order chi connectivity index (χ0) is 28.3. The summed E-state index contributed by atoms with van der Waals surface area (Å²) >= 11 is 6.68. The molecule has 0 radical (unpaired) electrons. The molecule has 1 aliphatic heterocycles. The second-order valence-corrected chi connectivity index (χ2v) is 11.3. The number of esters is 1. The lowest BCUT2D eigenvalue weighted by Crippen LogP contribution is -2.54. The van der Waals surface area contributed by atoms with Gasteiger partial charge in [0, 0.05) is 39.4 Å². The van der Waals surface area contributed by atoms with Gasteiger partial charge in [-0.15, -0.1) is 0 Å². The highest BCUT2D eigenvalue weighted by molar-refractivity contribution is 6.34. The lowest BCUT2D eigenvalue weighted by molar-refractivity contribution is -0.133. The van der Waals surface area contributed by atoms with Crippen LogP contribution in [0.5, 0.6) is 11.5 Å². The Hall–Kier alpha value is -3.90. The van der Waals surface area contributed by atoms with Crippen molar-refractivity contribution in [3.8, 4) is 22.6 Å². The number of nitrogens with one attached hydrogen (secondary N) is 1. The van der Waals surface area contributed by atoms with Crippen molar-refractivity contribution in [3.05, 3.63) is 82.0 Å². The molecule has 200 valence electrons. The average molecular weight is 543 g/mol. The maximum atomic E-state index is 14.2. The highest BCUT2D eigenvalue weighted by atomic mass is 35.5. The Balaban J connectivity index is 1.62. The number of carbonyl (C=O) groups excluding carboxylic acids is 2. The van der Waals surface area contributed by atoms with Crippen LogP contribution < -0.4 is 14.8 Å². The van der Waals surface area contributed by atoms with Crippen LogP contribution in [0.3, 0.4) is 0 Å². The number of pyridine rings is 1. The van der Waals surface area contributed by atoms with Crippen molar-refractivity contribution in [2.75, 3.05) is 5.32 Å². The van der Waals surface area contributed by atoms with E-state index in [0.717, 1.165) is 44.3 Å². The van der Waals surface area contributed by atoms with Gasteiger partial charge in [0.25, 0.3) is 5.91 Å². The Morgan fingerprint density at radius 2 is 1.74 bits per heavy atom. The second kappa shape index (κ2) is 9.38. The fraction of sp³-hybridized carbons (Fsp3) is 0.281. The van der Waals surface area contributed by atoms with Crippen LogP contribution in [0.25, 0.3) is 22.0 Å². The number of nitrogens with zero attached hydrogens (tertiary/aromatic N) is 1. The van der Waals surface area contributed by atoms with Gasteiger partial charge in [0.1, 0.15) is 11.5 Å². The average Bonchev–Trinajstić information content (AvgIpc) is 3.07. The lowest BCUT2D eigenvalue weighted by atomic mass is 9.70. The van der Waals surface area contributed by atoms with Crippen molar-refractivity contribution in [2.45, 2.75) is 59.5 Å². The Bertz CT molecular complexity index is 1680. The molecule has 39 heavy (non-hydrogen) atoms. The van der Waals surface area contributed by atoms with Gasteiger partial charge in [0.2, 0.25) is 0 Å². The van der Waals surface area contributed by atoms with E-state index in [1.807, 2.05) is 58.9 Å². The Morgan fingerprint density at radius 3 is 2.44 bits per heavy atom. The zero-order valence-corrected chi connectivity index (χ0v) is 23.9. The minimum absolute atomic E-state index is 0.323. The van der Waals surface area contributed by atoms with Gasteiger partial charge in [0.15, 0.2) is 5.60 Å². The van der Waals surface area contributed by atoms with Crippen molar-refractivity contribution in [2.24, 2.45) is 0 Å². The van der Waals surface area contributed by atoms with Gasteiger partial charge in [-0.3, -0.25) is 14.6 Å². The lowest BCUT2D eigenvalue weighted by Gasteiger charge is -2.36. The summed E-state index contributed by atoms with van der Waals surface area (Å²) in [6, 6.07) is 15.2. The second-order valence-electron chi connectivity index (χ2n) is 10.9. The number of halogens is 1. The molecule has 7 heteroatoms. The summed E-state index contributed by atoms with van der Waals surface area (Å²) in [5, 5.41) is 4.61. The summed E-state index contributed by atoms with van der Waals surface area (Å²) in [7, 11) is 0. The van der Waals surface area contributed by atoms with E-state index in [1.54, 1.807) is 25.3 Å². The fourth-order valence-corrected chi connectivity index (χ4v) is 5.89. The zero-order valence-electron chi connectivity index (χ0n) is 23.2. The van der Waals surface area contributed by atoms with E-state index in [0.29, 0.717) is 22.2 Å². The number of anilines is 1. The highest BCUT2D eigenvalue weighted by Crippen LogP contribution is 2.53. The summed E-state index contributed by atoms with van der Waals surface area (Å²) in [6.07, 6.45) is 1.68. The molecule has 1 N–H and O–H groups in total. The third-order valence-electron chi connectivity index (χ3n) is 7.89. The molecule has 0 bridgehead atoms. The Kier molecular flexibility index (Phi) is 6.42. The monoisotopic (exact) mass is 542 g/mol. The van der Waals surface area contributed by atoms with E-state index in [-0.39, 0.29) is 5.91 Å². The number of fused-ring (bicyclic) bond motifs is 2. The quantitative estimate of drug-likeness (QED) is 0.214. The van der Waals surface area contributed by atoms with Crippen molar-refractivity contribution in [1.29, 1.82) is 0 Å². The van der Waals surface area contributed by atoms with Gasteiger partial charge in [-0.05, 0) is 63.1 Å². The molecule has 5 rings (SSSR count). The third kappa shape index (κ3) is 4.23. The molecule has 1 atom stereocenters. The highest BCUT2D eigenvalue weighted by Gasteiger charge is 2.57. The van der Waals surface area contributed by atoms with Crippen LogP contribution in [0.15, 0.2) is 54.7 Å². The minimum atomic E-state index is -1.27. The van der Waals surface area contributed by atoms with Crippen LogP contribution >= 0.6 is 11.6 Å². The van der Waals surface area contributed by atoms with E-state index in [2.05, 4.69) is 17.4 Å². The Labute approximate surface area is 233 Å². The fourth-order valence-electron chi connectivity index (χ4n) is 5.66. The summed E-state index contributed by atoms with van der Waals surface area (Å²) < 4.78 is 11.8. The molecule has 0 saturated carbocycles. The van der Waals surface area contributed by atoms with E-state index >= 15 is 0 Å². The van der Waals surface area contributed by atoms with Crippen molar-refractivity contribution in [1.82, 2.24) is 4.98 Å². The predicted octanol–water partition coefficient (Wildman–Crippen LogP) is 7.47. The summed E-state index contributed by atoms with van der Waals surface area (Å²) in [5.74, 6) is 0.306. The maximum absolute atomic E-state index is 14.2. The number of ether oxygens (including phenoxy) is 2. The van der Waals surface area contributed by atoms with E-state index < -0.39 is 17.0 Å². The third-order valence-corrected chi connectivity index (χ3v) is 8.22. The largest absolute Gasteiger partial charge is 0.476 e. The first-order valence-corrected chi connectivity index (χ1v) is 13.2. The number of carbonyl (C=O) groups is 2. The molecule has 2 heterocycles. The molecule has 4 aromatic rings. The first-order chi connectivity index (χ1) is 18.3. The van der Waals surface area contributed by atoms with E-state index in [9.17, 15) is 9.59 Å². The van der Waals surface area contributed by atoms with Crippen LogP contribution in [0.4, 0.5) is 5.69 Å². The topological polar surface area (TPSA) is 77.5 Å². The van der Waals surface area contributed by atoms with Crippen molar-refractivity contribution in [3.63, 3.8) is 0 Å². The van der Waals surface area contributed by atoms with Gasteiger partial charge < -0.3 is 14.8 Å². The number of amides is 1. The van der Waals surface area contributed by atoms with Crippen LogP contribution in [0, 0.1) is 20.8 Å². The van der Waals surface area contributed by atoms with Crippen LogP contribution in [-0.4, -0.2) is 22.5 Å². The Morgan fingerprint density at radius 1 is 1.03 bits per heavy atom. The van der Waals surface area contributed by atoms with Gasteiger partial charge >= 0.3 is 5.97 Å². The van der Waals surface area contributed by atoms with E-state index in [1.165, 1.54) is 6.92 Å².